The molecule has 4 N–H and O–H groups in total. The number of nitrogens with one attached hydrogen (secondary N) is 3. The first kappa shape index (κ1) is 26.7. The van der Waals surface area contributed by atoms with Crippen molar-refractivity contribution in [3.63, 3.8) is 0 Å². The van der Waals surface area contributed by atoms with Crippen LogP contribution < -0.4 is 15.4 Å². The maximum Gasteiger partial charge on any atom is 0.286 e. The number of alkyl halides is 2. The number of hydrogen-bond acceptors (Lipinski definition) is 6. The SMILES string of the molecule is C=C(N=CC(=N)C(=O)NC12CCC(NC(=O)COc3ccc(Cl)c(F)c3)(CC1)[C@@H](O)C2)C(C)(F)F. The molecule has 0 radical (unpaired) electrons. The van der Waals surface area contributed by atoms with Crippen molar-refractivity contribution in [2.45, 2.75) is 62.1 Å². The highest BCUT2D eigenvalue weighted by atomic mass is 35.5. The normalized spacial score (nSPS) is 25.8. The topological polar surface area (TPSA) is 124 Å². The van der Waals surface area contributed by atoms with E-state index in [9.17, 15) is 27.9 Å². The van der Waals surface area contributed by atoms with E-state index in [1.807, 2.05) is 0 Å². The quantitative estimate of drug-likeness (QED) is 0.378. The standard InChI is InChI=1S/C23H26ClF3N4O4/c1-13(21(2,26)27)29-11-17(28)20(34)31-22-5-7-23(8-6-22,18(32)10-22)30-19(33)12-35-14-3-4-15(24)16(25)9-14/h3-4,9,11,18,28,32H,1,5-8,10,12H2,2H3,(H,30,33)(H,31,34)/t18-,22?,23?/m0/s1. The van der Waals surface area contributed by atoms with Crippen LogP contribution in [0.1, 0.15) is 39.0 Å². The number of ether oxygens (including phenoxy) is 1. The maximum absolute atomic E-state index is 13.5. The van der Waals surface area contributed by atoms with Crippen LogP contribution in [0.25, 0.3) is 0 Å². The molecule has 0 spiro atoms. The van der Waals surface area contributed by atoms with Gasteiger partial charge in [-0.3, -0.25) is 20.0 Å². The molecular formula is C23H26ClF3N4O4. The molecule has 2 bridgehead atoms. The fraction of sp³-hybridized carbons (Fsp3) is 0.478. The van der Waals surface area contributed by atoms with Crippen LogP contribution in [0.15, 0.2) is 35.5 Å². The number of benzene rings is 1. The van der Waals surface area contributed by atoms with E-state index in [0.717, 1.165) is 6.07 Å². The number of fused-ring (bicyclic) bond motifs is 3. The van der Waals surface area contributed by atoms with Gasteiger partial charge in [-0.1, -0.05) is 18.2 Å². The lowest BCUT2D eigenvalue weighted by atomic mass is 9.60. The molecule has 3 saturated carbocycles. The van der Waals surface area contributed by atoms with E-state index in [0.29, 0.717) is 38.8 Å². The molecule has 35 heavy (non-hydrogen) atoms. The van der Waals surface area contributed by atoms with E-state index in [1.165, 1.54) is 12.1 Å². The highest BCUT2D eigenvalue weighted by Gasteiger charge is 2.55. The van der Waals surface area contributed by atoms with Gasteiger partial charge >= 0.3 is 0 Å². The van der Waals surface area contributed by atoms with Gasteiger partial charge in [-0.2, -0.15) is 8.78 Å². The Balaban J connectivity index is 1.55. The van der Waals surface area contributed by atoms with E-state index in [1.54, 1.807) is 0 Å². The zero-order valence-corrected chi connectivity index (χ0v) is 19.7. The number of rotatable bonds is 9. The molecule has 1 atom stereocenters. The van der Waals surface area contributed by atoms with Crippen LogP contribution in [0.4, 0.5) is 13.2 Å². The Morgan fingerprint density at radius 1 is 1.34 bits per heavy atom. The summed E-state index contributed by atoms with van der Waals surface area (Å²) in [7, 11) is 0. The third-order valence-corrected chi connectivity index (χ3v) is 6.76. The Morgan fingerprint density at radius 2 is 2.00 bits per heavy atom. The Hall–Kier alpha value is -2.92. The molecule has 190 valence electrons. The van der Waals surface area contributed by atoms with Crippen molar-refractivity contribution in [1.82, 2.24) is 10.6 Å². The predicted octanol–water partition coefficient (Wildman–Crippen LogP) is 3.17. The van der Waals surface area contributed by atoms with Crippen molar-refractivity contribution >= 4 is 35.3 Å². The zero-order chi connectivity index (χ0) is 26.0. The van der Waals surface area contributed by atoms with Gasteiger partial charge in [-0.25, -0.2) is 4.39 Å². The summed E-state index contributed by atoms with van der Waals surface area (Å²) < 4.78 is 45.1. The predicted molar refractivity (Wildman–Crippen MR) is 124 cm³/mol. The van der Waals surface area contributed by atoms with E-state index in [-0.39, 0.29) is 17.2 Å². The van der Waals surface area contributed by atoms with E-state index < -0.39 is 58.8 Å². The van der Waals surface area contributed by atoms with Crippen LogP contribution in [0.3, 0.4) is 0 Å². The number of carbonyl (C=O) groups excluding carboxylic acids is 2. The second-order valence-electron chi connectivity index (χ2n) is 9.03. The largest absolute Gasteiger partial charge is 0.484 e. The number of aliphatic hydroxyl groups is 1. The van der Waals surface area contributed by atoms with E-state index in [2.05, 4.69) is 22.2 Å². The average molecular weight is 515 g/mol. The van der Waals surface area contributed by atoms with Crippen molar-refractivity contribution in [2.75, 3.05) is 6.61 Å². The van der Waals surface area contributed by atoms with Crippen LogP contribution >= 0.6 is 11.6 Å². The molecule has 3 fully saturated rings. The summed E-state index contributed by atoms with van der Waals surface area (Å²) in [5, 5.41) is 24.1. The van der Waals surface area contributed by atoms with Gasteiger partial charge in [0.25, 0.3) is 17.7 Å². The number of amides is 2. The fourth-order valence-electron chi connectivity index (χ4n) is 4.31. The summed E-state index contributed by atoms with van der Waals surface area (Å²) in [6.07, 6.45) is 1.42. The van der Waals surface area contributed by atoms with Crippen molar-refractivity contribution < 1.29 is 32.6 Å². The summed E-state index contributed by atoms with van der Waals surface area (Å²) >= 11 is 5.62. The van der Waals surface area contributed by atoms with Crippen molar-refractivity contribution in [1.29, 1.82) is 5.41 Å². The summed E-state index contributed by atoms with van der Waals surface area (Å²) in [6, 6.07) is 3.80. The third-order valence-electron chi connectivity index (χ3n) is 6.45. The number of aliphatic hydroxyl groups excluding tert-OH is 1. The Bertz CT molecular complexity index is 1070. The Labute approximate surface area is 205 Å². The molecule has 0 unspecified atom stereocenters. The Morgan fingerprint density at radius 3 is 2.57 bits per heavy atom. The third kappa shape index (κ3) is 6.21. The molecule has 8 nitrogen and oxygen atoms in total. The van der Waals surface area contributed by atoms with Crippen molar-refractivity contribution in [3.05, 3.63) is 41.3 Å². The average Bonchev–Trinajstić information content (AvgIpc) is 2.78. The summed E-state index contributed by atoms with van der Waals surface area (Å²) in [6.45, 7) is 3.33. The number of halogens is 4. The molecule has 1 aromatic rings. The molecule has 0 aliphatic heterocycles. The second-order valence-corrected chi connectivity index (χ2v) is 9.44. The molecule has 3 aliphatic carbocycles. The number of allylic oxidation sites excluding steroid dienone is 1. The van der Waals surface area contributed by atoms with Gasteiger partial charge in [0.15, 0.2) is 6.61 Å². The summed E-state index contributed by atoms with van der Waals surface area (Å²) in [5.74, 6) is -5.12. The number of aliphatic imine (C=N–C) groups is 1. The Kier molecular flexibility index (Phi) is 7.61. The smallest absolute Gasteiger partial charge is 0.286 e. The molecule has 2 amide bonds. The molecule has 1 aromatic carbocycles. The van der Waals surface area contributed by atoms with Gasteiger partial charge in [0, 0.05) is 18.5 Å². The minimum absolute atomic E-state index is 0.0702. The zero-order valence-electron chi connectivity index (χ0n) is 19.0. The maximum atomic E-state index is 13.5. The monoisotopic (exact) mass is 514 g/mol. The lowest BCUT2D eigenvalue weighted by Gasteiger charge is -2.56. The molecule has 3 aliphatic rings. The fourth-order valence-corrected chi connectivity index (χ4v) is 4.43. The van der Waals surface area contributed by atoms with Crippen LogP contribution in [0, 0.1) is 11.2 Å². The number of hydrogen-bond donors (Lipinski definition) is 4. The minimum Gasteiger partial charge on any atom is -0.484 e. The highest BCUT2D eigenvalue weighted by Crippen LogP contribution is 2.47. The number of carbonyl (C=O) groups is 2. The molecular weight excluding hydrogens is 489 g/mol. The molecule has 4 rings (SSSR count). The van der Waals surface area contributed by atoms with Gasteiger partial charge in [0.2, 0.25) is 0 Å². The van der Waals surface area contributed by atoms with Crippen LogP contribution in [0.2, 0.25) is 5.02 Å². The first-order valence-corrected chi connectivity index (χ1v) is 11.2. The molecule has 12 heteroatoms. The minimum atomic E-state index is -3.27. The van der Waals surface area contributed by atoms with Crippen LogP contribution in [-0.4, -0.2) is 58.6 Å². The first-order valence-electron chi connectivity index (χ1n) is 10.8. The van der Waals surface area contributed by atoms with E-state index >= 15 is 0 Å². The van der Waals surface area contributed by atoms with Crippen molar-refractivity contribution in [3.8, 4) is 5.75 Å². The van der Waals surface area contributed by atoms with Gasteiger partial charge in [0.05, 0.1) is 22.9 Å². The van der Waals surface area contributed by atoms with Gasteiger partial charge < -0.3 is 20.5 Å². The molecule has 0 saturated heterocycles. The number of nitrogens with zero attached hydrogens (tertiary/aromatic N) is 1. The lowest BCUT2D eigenvalue weighted by molar-refractivity contribution is -0.134. The molecule has 0 aromatic heterocycles. The van der Waals surface area contributed by atoms with Crippen LogP contribution in [-0.2, 0) is 9.59 Å². The van der Waals surface area contributed by atoms with E-state index in [4.69, 9.17) is 21.7 Å². The van der Waals surface area contributed by atoms with Gasteiger partial charge in [-0.15, -0.1) is 0 Å². The van der Waals surface area contributed by atoms with Crippen molar-refractivity contribution in [2.24, 2.45) is 4.99 Å². The van der Waals surface area contributed by atoms with Gasteiger partial charge in [-0.05, 0) is 44.2 Å². The summed E-state index contributed by atoms with van der Waals surface area (Å²) in [5.41, 5.74) is -3.10. The van der Waals surface area contributed by atoms with Gasteiger partial charge in [0.1, 0.15) is 23.0 Å². The first-order chi connectivity index (χ1) is 16.3. The highest BCUT2D eigenvalue weighted by molar-refractivity contribution is 6.59. The van der Waals surface area contributed by atoms with Crippen LogP contribution in [0.5, 0.6) is 5.75 Å². The lowest BCUT2D eigenvalue weighted by Crippen LogP contribution is -2.70. The second kappa shape index (κ2) is 9.98. The summed E-state index contributed by atoms with van der Waals surface area (Å²) in [4.78, 5) is 28.3. The molecule has 0 heterocycles.